The number of hydroxylamine groups is 1. The van der Waals surface area contributed by atoms with Crippen LogP contribution in [0.5, 0.6) is 0 Å². The molecule has 6 heteroatoms. The summed E-state index contributed by atoms with van der Waals surface area (Å²) < 4.78 is 0. The van der Waals surface area contributed by atoms with Gasteiger partial charge in [0.2, 0.25) is 0 Å². The number of aromatic nitrogens is 1. The van der Waals surface area contributed by atoms with Crippen LogP contribution in [0, 0.1) is 6.92 Å². The van der Waals surface area contributed by atoms with Crippen molar-refractivity contribution in [1.29, 1.82) is 0 Å². The third kappa shape index (κ3) is 2.07. The molecule has 88 valence electrons. The second-order valence-electron chi connectivity index (χ2n) is 3.50. The first-order valence-corrected chi connectivity index (χ1v) is 5.50. The molecule has 0 bridgehead atoms. The van der Waals surface area contributed by atoms with Gasteiger partial charge in [0.1, 0.15) is 0 Å². The van der Waals surface area contributed by atoms with Crippen LogP contribution in [-0.4, -0.2) is 16.1 Å². The molecule has 0 radical (unpaired) electrons. The lowest BCUT2D eigenvalue weighted by atomic mass is 10.1. The molecule has 1 amide bonds. The molecule has 1 aromatic carbocycles. The van der Waals surface area contributed by atoms with Gasteiger partial charge >= 0.3 is 0 Å². The van der Waals surface area contributed by atoms with Gasteiger partial charge in [0.15, 0.2) is 0 Å². The normalized spacial score (nSPS) is 10.6. The first-order valence-electron chi connectivity index (χ1n) is 4.74. The quantitative estimate of drug-likeness (QED) is 0.619. The van der Waals surface area contributed by atoms with Crippen LogP contribution in [0.2, 0.25) is 10.0 Å². The van der Waals surface area contributed by atoms with Crippen LogP contribution >= 0.6 is 23.2 Å². The van der Waals surface area contributed by atoms with Gasteiger partial charge in [-0.05, 0) is 25.1 Å². The summed E-state index contributed by atoms with van der Waals surface area (Å²) in [5.74, 6) is -0.648. The van der Waals surface area contributed by atoms with Crippen LogP contribution in [0.3, 0.4) is 0 Å². The summed E-state index contributed by atoms with van der Waals surface area (Å²) >= 11 is 12.0. The molecule has 2 rings (SSSR count). The molecular formula is C11H8Cl2N2O2. The Kier molecular flexibility index (Phi) is 3.19. The minimum absolute atomic E-state index is 0.238. The summed E-state index contributed by atoms with van der Waals surface area (Å²) in [4.78, 5) is 15.8. The monoisotopic (exact) mass is 270 g/mol. The first-order chi connectivity index (χ1) is 8.04. The van der Waals surface area contributed by atoms with Gasteiger partial charge in [-0.25, -0.2) is 5.48 Å². The van der Waals surface area contributed by atoms with Crippen molar-refractivity contribution in [2.24, 2.45) is 0 Å². The van der Waals surface area contributed by atoms with E-state index in [9.17, 15) is 4.79 Å². The van der Waals surface area contributed by atoms with Crippen LogP contribution in [-0.2, 0) is 0 Å². The topological polar surface area (TPSA) is 62.2 Å². The smallest absolute Gasteiger partial charge is 0.275 e. The van der Waals surface area contributed by atoms with Crippen LogP contribution < -0.4 is 5.48 Å². The molecule has 2 aromatic rings. The third-order valence-corrected chi connectivity index (χ3v) is 2.95. The van der Waals surface area contributed by atoms with Crippen molar-refractivity contribution in [2.75, 3.05) is 0 Å². The fourth-order valence-corrected chi connectivity index (χ4v) is 2.09. The van der Waals surface area contributed by atoms with E-state index in [0.717, 1.165) is 0 Å². The predicted molar refractivity (Wildman–Crippen MR) is 65.8 cm³/mol. The second kappa shape index (κ2) is 4.49. The van der Waals surface area contributed by atoms with Gasteiger partial charge in [-0.15, -0.1) is 0 Å². The van der Waals surface area contributed by atoms with Crippen LogP contribution in [0.15, 0.2) is 18.2 Å². The fraction of sp³-hybridized carbons (Fsp3) is 0.0909. The summed E-state index contributed by atoms with van der Waals surface area (Å²) in [6, 6.07) is 4.73. The van der Waals surface area contributed by atoms with Crippen molar-refractivity contribution in [3.8, 4) is 0 Å². The van der Waals surface area contributed by atoms with Gasteiger partial charge in [0.05, 0.1) is 21.1 Å². The van der Waals surface area contributed by atoms with Crippen molar-refractivity contribution in [3.05, 3.63) is 39.5 Å². The Bertz CT molecular complexity index is 614. The summed E-state index contributed by atoms with van der Waals surface area (Å²) in [5, 5.41) is 9.89. The molecule has 0 spiro atoms. The number of carbonyl (C=O) groups excluding carboxylic acids is 1. The van der Waals surface area contributed by atoms with Crippen molar-refractivity contribution < 1.29 is 10.0 Å². The van der Waals surface area contributed by atoms with E-state index in [4.69, 9.17) is 28.4 Å². The number of nitrogens with one attached hydrogen (secondary N) is 1. The summed E-state index contributed by atoms with van der Waals surface area (Å²) in [5.41, 5.74) is 2.87. The molecule has 0 aliphatic heterocycles. The lowest BCUT2D eigenvalue weighted by Gasteiger charge is -2.08. The molecule has 0 aliphatic carbocycles. The molecule has 17 heavy (non-hydrogen) atoms. The number of hydrogen-bond donors (Lipinski definition) is 2. The second-order valence-corrected chi connectivity index (χ2v) is 4.32. The van der Waals surface area contributed by atoms with E-state index in [1.807, 2.05) is 0 Å². The highest BCUT2D eigenvalue weighted by Crippen LogP contribution is 2.31. The molecule has 4 nitrogen and oxygen atoms in total. The number of amides is 1. The minimum atomic E-state index is -0.648. The number of nitrogens with zero attached hydrogens (tertiary/aromatic N) is 1. The maximum atomic E-state index is 11.6. The van der Waals surface area contributed by atoms with Gasteiger partial charge < -0.3 is 0 Å². The van der Waals surface area contributed by atoms with E-state index < -0.39 is 5.91 Å². The number of halogens is 2. The number of pyridine rings is 1. The number of carbonyl (C=O) groups is 1. The summed E-state index contributed by atoms with van der Waals surface area (Å²) in [6.45, 7) is 1.73. The van der Waals surface area contributed by atoms with Crippen LogP contribution in [0.4, 0.5) is 0 Å². The van der Waals surface area contributed by atoms with Gasteiger partial charge in [0, 0.05) is 11.1 Å². The zero-order valence-electron chi connectivity index (χ0n) is 8.79. The number of benzene rings is 1. The molecule has 0 saturated heterocycles. The van der Waals surface area contributed by atoms with Gasteiger partial charge in [0.25, 0.3) is 5.91 Å². The maximum absolute atomic E-state index is 11.6. The highest BCUT2D eigenvalue weighted by atomic mass is 35.5. The SMILES string of the molecule is Cc1cc(C(=O)NO)c2c(Cl)ccc(Cl)c2n1. The first kappa shape index (κ1) is 12.1. The molecule has 0 atom stereocenters. The molecule has 0 unspecified atom stereocenters. The molecule has 0 aliphatic rings. The third-order valence-electron chi connectivity index (χ3n) is 2.33. The number of rotatable bonds is 1. The maximum Gasteiger partial charge on any atom is 0.275 e. The zero-order chi connectivity index (χ0) is 12.6. The molecule has 0 saturated carbocycles. The fourth-order valence-electron chi connectivity index (χ4n) is 1.64. The van der Waals surface area contributed by atoms with E-state index in [0.29, 0.717) is 26.6 Å². The highest BCUT2D eigenvalue weighted by molar-refractivity contribution is 6.41. The Morgan fingerprint density at radius 2 is 2.00 bits per heavy atom. The molecule has 1 aromatic heterocycles. The largest absolute Gasteiger partial charge is 0.288 e. The number of hydrogen-bond acceptors (Lipinski definition) is 3. The lowest BCUT2D eigenvalue weighted by molar-refractivity contribution is 0.0708. The Labute approximate surface area is 107 Å². The van der Waals surface area contributed by atoms with Crippen molar-refractivity contribution in [3.63, 3.8) is 0 Å². The Morgan fingerprint density at radius 3 is 2.65 bits per heavy atom. The van der Waals surface area contributed by atoms with E-state index >= 15 is 0 Å². The van der Waals surface area contributed by atoms with E-state index in [1.165, 1.54) is 6.07 Å². The van der Waals surface area contributed by atoms with E-state index in [2.05, 4.69) is 4.98 Å². The van der Waals surface area contributed by atoms with Crippen LogP contribution in [0.25, 0.3) is 10.9 Å². The molecule has 1 heterocycles. The average Bonchev–Trinajstić information content (AvgIpc) is 2.32. The minimum Gasteiger partial charge on any atom is -0.288 e. The zero-order valence-corrected chi connectivity index (χ0v) is 10.3. The molecular weight excluding hydrogens is 263 g/mol. The lowest BCUT2D eigenvalue weighted by Crippen LogP contribution is -2.19. The Balaban J connectivity index is 2.92. The van der Waals surface area contributed by atoms with Gasteiger partial charge in [-0.1, -0.05) is 23.2 Å². The molecule has 0 fully saturated rings. The Hall–Kier alpha value is -1.36. The molecule has 2 N–H and O–H groups in total. The van der Waals surface area contributed by atoms with Crippen molar-refractivity contribution >= 4 is 40.0 Å². The van der Waals surface area contributed by atoms with Crippen molar-refractivity contribution in [2.45, 2.75) is 6.92 Å². The van der Waals surface area contributed by atoms with Crippen molar-refractivity contribution in [1.82, 2.24) is 10.5 Å². The van der Waals surface area contributed by atoms with Gasteiger partial charge in [-0.2, -0.15) is 0 Å². The predicted octanol–water partition coefficient (Wildman–Crippen LogP) is 2.97. The summed E-state index contributed by atoms with van der Waals surface area (Å²) in [7, 11) is 0. The number of aryl methyl sites for hydroxylation is 1. The highest BCUT2D eigenvalue weighted by Gasteiger charge is 2.15. The standard InChI is InChI=1S/C11H8Cl2N2O2/c1-5-4-6(11(16)15-17)9-7(12)2-3-8(13)10(9)14-5/h2-4,17H,1H3,(H,15,16). The van der Waals surface area contributed by atoms with Crippen LogP contribution in [0.1, 0.15) is 16.1 Å². The van der Waals surface area contributed by atoms with Gasteiger partial charge in [-0.3, -0.25) is 15.0 Å². The average molecular weight is 271 g/mol. The van der Waals surface area contributed by atoms with E-state index in [1.54, 1.807) is 24.5 Å². The summed E-state index contributed by atoms with van der Waals surface area (Å²) in [6.07, 6.45) is 0. The van der Waals surface area contributed by atoms with E-state index in [-0.39, 0.29) is 5.56 Å². The number of fused-ring (bicyclic) bond motifs is 1. The Morgan fingerprint density at radius 1 is 1.35 bits per heavy atom.